The van der Waals surface area contributed by atoms with Gasteiger partial charge in [-0.1, -0.05) is 25.6 Å². The van der Waals surface area contributed by atoms with E-state index in [1.54, 1.807) is 37.4 Å². The highest BCUT2D eigenvalue weighted by Crippen LogP contribution is 2.30. The molecule has 2 atom stereocenters. The van der Waals surface area contributed by atoms with Gasteiger partial charge in [-0.2, -0.15) is 0 Å². The van der Waals surface area contributed by atoms with E-state index in [1.165, 1.54) is 11.0 Å². The first-order valence-corrected chi connectivity index (χ1v) is 9.56. The standard InChI is InChI=1S/C22H30N4O3/c1-4-14(10-16(13-27)26(3)21(29)5-2)19-12-15(22(24)25-19)11-18(23)17-8-6-7-9-20(17)28/h5-9,11-12,14,16,25,27-28H,2,4,10,13,23-24H2,1,3H3/b18-11-/t14-,16+/m1/s1. The molecule has 1 amide bonds. The second-order valence-corrected chi connectivity index (χ2v) is 7.04. The second-order valence-electron chi connectivity index (χ2n) is 7.04. The van der Waals surface area contributed by atoms with Crippen molar-refractivity contribution in [3.05, 3.63) is 59.8 Å². The third-order valence-corrected chi connectivity index (χ3v) is 5.20. The summed E-state index contributed by atoms with van der Waals surface area (Å²) in [6.07, 6.45) is 4.32. The predicted octanol–water partition coefficient (Wildman–Crippen LogP) is 2.65. The zero-order chi connectivity index (χ0) is 21.6. The molecule has 7 heteroatoms. The van der Waals surface area contributed by atoms with Crippen molar-refractivity contribution in [3.8, 4) is 5.75 Å². The van der Waals surface area contributed by atoms with E-state index in [-0.39, 0.29) is 30.2 Å². The summed E-state index contributed by atoms with van der Waals surface area (Å²) in [5.74, 6) is 0.391. The fraction of sp³-hybridized carbons (Fsp3) is 0.318. The van der Waals surface area contributed by atoms with E-state index in [4.69, 9.17) is 11.5 Å². The zero-order valence-corrected chi connectivity index (χ0v) is 16.9. The molecule has 0 fully saturated rings. The molecule has 1 heterocycles. The molecule has 0 aliphatic rings. The van der Waals surface area contributed by atoms with E-state index < -0.39 is 0 Å². The second kappa shape index (κ2) is 9.84. The van der Waals surface area contributed by atoms with Gasteiger partial charge in [-0.05, 0) is 43.2 Å². The number of nitrogens with two attached hydrogens (primary N) is 2. The van der Waals surface area contributed by atoms with Gasteiger partial charge in [0.15, 0.2) is 0 Å². The highest BCUT2D eigenvalue weighted by Gasteiger charge is 2.23. The molecule has 0 saturated heterocycles. The molecule has 0 radical (unpaired) electrons. The van der Waals surface area contributed by atoms with Crippen molar-refractivity contribution in [2.75, 3.05) is 19.4 Å². The Morgan fingerprint density at radius 1 is 1.38 bits per heavy atom. The average molecular weight is 399 g/mol. The molecule has 0 bridgehead atoms. The minimum Gasteiger partial charge on any atom is -0.507 e. The number of hydrogen-bond acceptors (Lipinski definition) is 5. The molecule has 1 aromatic carbocycles. The molecule has 156 valence electrons. The Hall–Kier alpha value is -3.19. The van der Waals surface area contributed by atoms with Crippen molar-refractivity contribution in [2.45, 2.75) is 31.7 Å². The number of amides is 1. The number of aromatic nitrogens is 1. The monoisotopic (exact) mass is 398 g/mol. The molecule has 2 aromatic rings. The number of para-hydroxylation sites is 1. The summed E-state index contributed by atoms with van der Waals surface area (Å²) >= 11 is 0. The van der Waals surface area contributed by atoms with E-state index in [9.17, 15) is 15.0 Å². The number of phenolic OH excluding ortho intramolecular Hbond substituents is 1. The Bertz CT molecular complexity index is 888. The summed E-state index contributed by atoms with van der Waals surface area (Å²) in [6, 6.07) is 8.42. The fourth-order valence-electron chi connectivity index (χ4n) is 3.33. The van der Waals surface area contributed by atoms with Crippen LogP contribution in [0.15, 0.2) is 43.0 Å². The fourth-order valence-corrected chi connectivity index (χ4v) is 3.33. The van der Waals surface area contributed by atoms with Crippen LogP contribution in [0.25, 0.3) is 11.8 Å². The number of likely N-dealkylation sites (N-methyl/N-ethyl adjacent to an activating group) is 1. The quantitative estimate of drug-likeness (QED) is 0.415. The van der Waals surface area contributed by atoms with Gasteiger partial charge in [0.25, 0.3) is 0 Å². The summed E-state index contributed by atoms with van der Waals surface area (Å²) in [7, 11) is 1.65. The lowest BCUT2D eigenvalue weighted by atomic mass is 9.93. The van der Waals surface area contributed by atoms with E-state index >= 15 is 0 Å². The van der Waals surface area contributed by atoms with Gasteiger partial charge in [0.05, 0.1) is 12.6 Å². The summed E-state index contributed by atoms with van der Waals surface area (Å²) in [5, 5.41) is 19.7. The van der Waals surface area contributed by atoms with Crippen LogP contribution in [0.4, 0.5) is 5.82 Å². The van der Waals surface area contributed by atoms with E-state index in [0.717, 1.165) is 17.7 Å². The maximum absolute atomic E-state index is 11.9. The van der Waals surface area contributed by atoms with Gasteiger partial charge in [-0.15, -0.1) is 0 Å². The van der Waals surface area contributed by atoms with Crippen molar-refractivity contribution >= 4 is 23.5 Å². The molecule has 7 N–H and O–H groups in total. The lowest BCUT2D eigenvalue weighted by Gasteiger charge is -2.28. The van der Waals surface area contributed by atoms with Crippen LogP contribution in [0.2, 0.25) is 0 Å². The molecule has 0 aliphatic heterocycles. The smallest absolute Gasteiger partial charge is 0.246 e. The van der Waals surface area contributed by atoms with Crippen LogP contribution in [0, 0.1) is 0 Å². The number of aliphatic hydroxyl groups excluding tert-OH is 1. The van der Waals surface area contributed by atoms with Crippen molar-refractivity contribution in [1.82, 2.24) is 9.88 Å². The van der Waals surface area contributed by atoms with Crippen molar-refractivity contribution in [3.63, 3.8) is 0 Å². The molecule has 1 aromatic heterocycles. The molecule has 29 heavy (non-hydrogen) atoms. The highest BCUT2D eigenvalue weighted by molar-refractivity contribution is 5.87. The van der Waals surface area contributed by atoms with Crippen LogP contribution in [0.5, 0.6) is 5.75 Å². The molecular formula is C22H30N4O3. The largest absolute Gasteiger partial charge is 0.507 e. The first-order valence-electron chi connectivity index (χ1n) is 9.56. The number of aromatic amines is 1. The van der Waals surface area contributed by atoms with Gasteiger partial charge in [0, 0.05) is 35.5 Å². The lowest BCUT2D eigenvalue weighted by molar-refractivity contribution is -0.127. The Kier molecular flexibility index (Phi) is 7.50. The average Bonchev–Trinajstić information content (AvgIpc) is 3.08. The number of hydrogen-bond donors (Lipinski definition) is 5. The number of H-pyrrole nitrogens is 1. The molecule has 0 saturated carbocycles. The van der Waals surface area contributed by atoms with Gasteiger partial charge in [0.2, 0.25) is 5.91 Å². The number of phenols is 1. The maximum Gasteiger partial charge on any atom is 0.246 e. The summed E-state index contributed by atoms with van der Waals surface area (Å²) in [4.78, 5) is 16.6. The van der Waals surface area contributed by atoms with Crippen LogP contribution in [0.3, 0.4) is 0 Å². The first-order chi connectivity index (χ1) is 13.8. The number of carbonyl (C=O) groups excluding carboxylic acids is 1. The number of carbonyl (C=O) groups is 1. The molecule has 0 spiro atoms. The minimum atomic E-state index is -0.333. The number of anilines is 1. The zero-order valence-electron chi connectivity index (χ0n) is 16.9. The van der Waals surface area contributed by atoms with E-state index in [2.05, 4.69) is 11.6 Å². The molecular weight excluding hydrogens is 368 g/mol. The molecule has 7 nitrogen and oxygen atoms in total. The number of nitrogen functional groups attached to an aromatic ring is 1. The topological polar surface area (TPSA) is 129 Å². The third-order valence-electron chi connectivity index (χ3n) is 5.20. The number of aromatic hydroxyl groups is 1. The Morgan fingerprint density at radius 2 is 2.07 bits per heavy atom. The molecule has 2 rings (SSSR count). The van der Waals surface area contributed by atoms with Crippen LogP contribution >= 0.6 is 0 Å². The van der Waals surface area contributed by atoms with Crippen LogP contribution in [0.1, 0.15) is 42.5 Å². The van der Waals surface area contributed by atoms with E-state index in [0.29, 0.717) is 23.5 Å². The third kappa shape index (κ3) is 5.20. The Balaban J connectivity index is 2.26. The normalized spacial score (nSPS) is 13.7. The summed E-state index contributed by atoms with van der Waals surface area (Å²) in [6.45, 7) is 5.39. The summed E-state index contributed by atoms with van der Waals surface area (Å²) < 4.78 is 0. The number of aliphatic hydroxyl groups is 1. The van der Waals surface area contributed by atoms with Crippen molar-refractivity contribution in [1.29, 1.82) is 0 Å². The van der Waals surface area contributed by atoms with Crippen LogP contribution < -0.4 is 11.5 Å². The number of rotatable bonds is 9. The van der Waals surface area contributed by atoms with Gasteiger partial charge in [0.1, 0.15) is 11.6 Å². The van der Waals surface area contributed by atoms with Gasteiger partial charge < -0.3 is 31.6 Å². The first kappa shape index (κ1) is 22.1. The summed E-state index contributed by atoms with van der Waals surface area (Å²) in [5.41, 5.74) is 14.9. The van der Waals surface area contributed by atoms with Crippen molar-refractivity contribution < 1.29 is 15.0 Å². The molecule has 0 aliphatic carbocycles. The van der Waals surface area contributed by atoms with E-state index in [1.807, 2.05) is 13.0 Å². The predicted molar refractivity (Wildman–Crippen MR) is 117 cm³/mol. The lowest BCUT2D eigenvalue weighted by Crippen LogP contribution is -2.39. The number of nitrogens with one attached hydrogen (secondary N) is 1. The van der Waals surface area contributed by atoms with Gasteiger partial charge in [-0.3, -0.25) is 4.79 Å². The Labute approximate surface area is 171 Å². The van der Waals surface area contributed by atoms with Crippen LogP contribution in [-0.2, 0) is 4.79 Å². The minimum absolute atomic E-state index is 0.0583. The van der Waals surface area contributed by atoms with Crippen LogP contribution in [-0.4, -0.2) is 45.7 Å². The highest BCUT2D eigenvalue weighted by atomic mass is 16.3. The number of nitrogens with zero attached hydrogens (tertiary/aromatic N) is 1. The molecule has 0 unspecified atom stereocenters. The van der Waals surface area contributed by atoms with Gasteiger partial charge in [-0.25, -0.2) is 0 Å². The SMILES string of the molecule is C=CC(=O)N(C)[C@H](CO)C[C@@H](CC)c1cc(/C=C(\N)c2ccccc2O)c(N)[nH]1. The van der Waals surface area contributed by atoms with Gasteiger partial charge >= 0.3 is 0 Å². The Morgan fingerprint density at radius 3 is 2.66 bits per heavy atom. The number of benzene rings is 1. The van der Waals surface area contributed by atoms with Crippen molar-refractivity contribution in [2.24, 2.45) is 5.73 Å². The maximum atomic E-state index is 11.9.